The van der Waals surface area contributed by atoms with Crippen LogP contribution < -0.4 is 16.4 Å². The van der Waals surface area contributed by atoms with Crippen molar-refractivity contribution in [3.8, 4) is 5.75 Å². The second-order valence-electron chi connectivity index (χ2n) is 11.2. The highest BCUT2D eigenvalue weighted by atomic mass is 35.5. The van der Waals surface area contributed by atoms with E-state index >= 15 is 0 Å². The molecule has 39 heavy (non-hydrogen) atoms. The maximum Gasteiger partial charge on any atom is 0.408 e. The molecule has 0 fully saturated rings. The number of carbonyl (C=O) groups is 4. The zero-order valence-corrected chi connectivity index (χ0v) is 24.1. The van der Waals surface area contributed by atoms with Gasteiger partial charge in [0.1, 0.15) is 23.4 Å². The van der Waals surface area contributed by atoms with E-state index in [-0.39, 0.29) is 11.3 Å². The highest BCUT2D eigenvalue weighted by Gasteiger charge is 2.42. The molecule has 2 atom stereocenters. The lowest BCUT2D eigenvalue weighted by atomic mass is 9.94. The van der Waals surface area contributed by atoms with Crippen molar-refractivity contribution in [1.29, 1.82) is 0 Å². The van der Waals surface area contributed by atoms with Crippen LogP contribution in [0, 0.1) is 6.92 Å². The van der Waals surface area contributed by atoms with Crippen LogP contribution in [0.5, 0.6) is 5.75 Å². The SMILES string of the molecule is Cc1cccc(Cl)c1NC(=O)C(c1cccc(O)c1)N(C(=O)C(CC(N)=O)NC(=O)OC(C)(C)C)C(C)(C)C. The van der Waals surface area contributed by atoms with Crippen molar-refractivity contribution in [3.63, 3.8) is 0 Å². The number of rotatable bonds is 8. The van der Waals surface area contributed by atoms with Crippen molar-refractivity contribution in [2.45, 2.75) is 78.1 Å². The number of anilines is 1. The standard InChI is InChI=1S/C28H37ClN4O6/c1-16-10-8-13-19(29)22(16)32-24(36)23(17-11-9-12-18(34)14-17)33(27(2,3)4)25(37)20(15-21(30)35)31-26(38)39-28(5,6)7/h8-14,20,23,34H,15H2,1-7H3,(H2,30,35)(H,31,38)(H,32,36). The van der Waals surface area contributed by atoms with E-state index in [1.165, 1.54) is 23.1 Å². The topological polar surface area (TPSA) is 151 Å². The predicted molar refractivity (Wildman–Crippen MR) is 149 cm³/mol. The van der Waals surface area contributed by atoms with E-state index < -0.39 is 53.5 Å². The second kappa shape index (κ2) is 12.4. The molecule has 0 aliphatic rings. The maximum absolute atomic E-state index is 14.1. The lowest BCUT2D eigenvalue weighted by molar-refractivity contribution is -0.147. The minimum atomic E-state index is -1.44. The largest absolute Gasteiger partial charge is 0.508 e. The molecule has 0 aliphatic carbocycles. The number of hydrogen-bond acceptors (Lipinski definition) is 6. The molecule has 2 rings (SSSR count). The van der Waals surface area contributed by atoms with Gasteiger partial charge in [-0.25, -0.2) is 4.79 Å². The molecule has 5 N–H and O–H groups in total. The van der Waals surface area contributed by atoms with Gasteiger partial charge in [-0.3, -0.25) is 14.4 Å². The summed E-state index contributed by atoms with van der Waals surface area (Å²) in [6.45, 7) is 11.8. The number of aryl methyl sites for hydroxylation is 1. The van der Waals surface area contributed by atoms with E-state index in [1.807, 2.05) is 0 Å². The number of phenolic OH excluding ortho intramolecular Hbond substituents is 1. The molecule has 11 heteroatoms. The normalized spacial score (nSPS) is 13.1. The highest BCUT2D eigenvalue weighted by molar-refractivity contribution is 6.34. The zero-order valence-electron chi connectivity index (χ0n) is 23.3. The minimum absolute atomic E-state index is 0.124. The number of nitrogens with two attached hydrogens (primary N) is 1. The summed E-state index contributed by atoms with van der Waals surface area (Å²) in [4.78, 5) is 53.8. The number of hydrogen-bond donors (Lipinski definition) is 4. The quantitative estimate of drug-likeness (QED) is 0.375. The molecule has 0 saturated heterocycles. The molecule has 0 aliphatic heterocycles. The van der Waals surface area contributed by atoms with Crippen LogP contribution in [0.4, 0.5) is 10.5 Å². The molecule has 4 amide bonds. The molecule has 2 aromatic rings. The monoisotopic (exact) mass is 560 g/mol. The first kappa shape index (κ1) is 31.4. The van der Waals surface area contributed by atoms with Crippen molar-refractivity contribution in [2.24, 2.45) is 5.73 Å². The fourth-order valence-corrected chi connectivity index (χ4v) is 4.23. The Morgan fingerprint density at radius 3 is 2.18 bits per heavy atom. The van der Waals surface area contributed by atoms with E-state index in [0.29, 0.717) is 16.3 Å². The summed E-state index contributed by atoms with van der Waals surface area (Å²) < 4.78 is 5.28. The second-order valence-corrected chi connectivity index (χ2v) is 11.6. The summed E-state index contributed by atoms with van der Waals surface area (Å²) >= 11 is 6.35. The number of para-hydroxylation sites is 1. The van der Waals surface area contributed by atoms with E-state index in [4.69, 9.17) is 22.1 Å². The van der Waals surface area contributed by atoms with Crippen molar-refractivity contribution >= 4 is 41.1 Å². The van der Waals surface area contributed by atoms with E-state index in [0.717, 1.165) is 0 Å². The number of carbonyl (C=O) groups excluding carboxylic acids is 4. The van der Waals surface area contributed by atoms with Gasteiger partial charge in [-0.2, -0.15) is 0 Å². The minimum Gasteiger partial charge on any atom is -0.508 e. The number of nitrogens with one attached hydrogen (secondary N) is 2. The summed E-state index contributed by atoms with van der Waals surface area (Å²) in [5.74, 6) is -2.36. The Kier molecular flexibility index (Phi) is 9.97. The Morgan fingerprint density at radius 1 is 1.05 bits per heavy atom. The Bertz CT molecular complexity index is 1220. The number of halogens is 1. The third-order valence-electron chi connectivity index (χ3n) is 5.52. The lowest BCUT2D eigenvalue weighted by Crippen LogP contribution is -2.58. The van der Waals surface area contributed by atoms with Crippen LogP contribution >= 0.6 is 11.6 Å². The van der Waals surface area contributed by atoms with E-state index in [9.17, 15) is 24.3 Å². The number of alkyl carbamates (subject to hydrolysis) is 1. The van der Waals surface area contributed by atoms with Gasteiger partial charge in [-0.05, 0) is 77.8 Å². The Balaban J connectivity index is 2.64. The molecular weight excluding hydrogens is 524 g/mol. The number of primary amides is 1. The Labute approximate surface area is 233 Å². The van der Waals surface area contributed by atoms with Crippen LogP contribution in [-0.4, -0.2) is 51.0 Å². The van der Waals surface area contributed by atoms with Crippen LogP contribution in [0.15, 0.2) is 42.5 Å². The van der Waals surface area contributed by atoms with Crippen molar-refractivity contribution in [2.75, 3.05) is 5.32 Å². The summed E-state index contributed by atoms with van der Waals surface area (Å²) in [6.07, 6.45) is -1.47. The molecule has 0 heterocycles. The lowest BCUT2D eigenvalue weighted by Gasteiger charge is -2.43. The van der Waals surface area contributed by atoms with Crippen LogP contribution in [0.3, 0.4) is 0 Å². The summed E-state index contributed by atoms with van der Waals surface area (Å²) in [5, 5.41) is 15.7. The first-order valence-corrected chi connectivity index (χ1v) is 12.7. The van der Waals surface area contributed by atoms with Gasteiger partial charge in [0.2, 0.25) is 11.8 Å². The number of phenols is 1. The van der Waals surface area contributed by atoms with Crippen LogP contribution in [0.1, 0.15) is 65.1 Å². The molecule has 0 spiro atoms. The molecule has 2 unspecified atom stereocenters. The third-order valence-corrected chi connectivity index (χ3v) is 5.83. The molecule has 10 nitrogen and oxygen atoms in total. The van der Waals surface area contributed by atoms with Crippen molar-refractivity contribution < 1.29 is 29.0 Å². The summed E-state index contributed by atoms with van der Waals surface area (Å²) in [6, 6.07) is 8.29. The van der Waals surface area contributed by atoms with Crippen molar-refractivity contribution in [1.82, 2.24) is 10.2 Å². The molecular formula is C28H37ClN4O6. The number of amides is 4. The zero-order chi connectivity index (χ0) is 29.7. The highest BCUT2D eigenvalue weighted by Crippen LogP contribution is 2.34. The van der Waals surface area contributed by atoms with E-state index in [2.05, 4.69) is 10.6 Å². The molecule has 212 valence electrons. The fraction of sp³-hybridized carbons (Fsp3) is 0.429. The van der Waals surface area contributed by atoms with Gasteiger partial charge in [0.05, 0.1) is 17.1 Å². The molecule has 0 saturated carbocycles. The number of aromatic hydroxyl groups is 1. The average Bonchev–Trinajstić information content (AvgIpc) is 2.76. The van der Waals surface area contributed by atoms with E-state index in [1.54, 1.807) is 72.7 Å². The predicted octanol–water partition coefficient (Wildman–Crippen LogP) is 4.43. The van der Waals surface area contributed by atoms with Gasteiger partial charge in [0.15, 0.2) is 0 Å². The molecule has 0 aromatic heterocycles. The smallest absolute Gasteiger partial charge is 0.408 e. The first-order chi connectivity index (χ1) is 17.9. The van der Waals surface area contributed by atoms with Gasteiger partial charge in [-0.1, -0.05) is 35.9 Å². The van der Waals surface area contributed by atoms with Gasteiger partial charge in [0, 0.05) is 5.54 Å². The van der Waals surface area contributed by atoms with Crippen LogP contribution in [0.2, 0.25) is 5.02 Å². The summed E-state index contributed by atoms with van der Waals surface area (Å²) in [5.41, 5.74) is 4.86. The van der Waals surface area contributed by atoms with Gasteiger partial charge in [0.25, 0.3) is 5.91 Å². The number of ether oxygens (including phenoxy) is 1. The van der Waals surface area contributed by atoms with Crippen LogP contribution in [0.25, 0.3) is 0 Å². The Morgan fingerprint density at radius 2 is 1.67 bits per heavy atom. The summed E-state index contributed by atoms with van der Waals surface area (Å²) in [7, 11) is 0. The van der Waals surface area contributed by atoms with Gasteiger partial charge >= 0.3 is 6.09 Å². The fourth-order valence-electron chi connectivity index (χ4n) is 3.96. The molecule has 2 aromatic carbocycles. The maximum atomic E-state index is 14.1. The molecule has 0 bridgehead atoms. The van der Waals surface area contributed by atoms with Gasteiger partial charge < -0.3 is 31.1 Å². The first-order valence-electron chi connectivity index (χ1n) is 12.4. The van der Waals surface area contributed by atoms with Crippen LogP contribution in [-0.2, 0) is 19.1 Å². The van der Waals surface area contributed by atoms with Crippen molar-refractivity contribution in [3.05, 3.63) is 58.6 Å². The van der Waals surface area contributed by atoms with Gasteiger partial charge in [-0.15, -0.1) is 0 Å². The average molecular weight is 561 g/mol. The Hall–Kier alpha value is -3.79. The molecule has 0 radical (unpaired) electrons. The third kappa shape index (κ3) is 8.88. The number of nitrogens with zero attached hydrogens (tertiary/aromatic N) is 1. The number of benzene rings is 2.